The highest BCUT2D eigenvalue weighted by atomic mass is 16.5. The van der Waals surface area contributed by atoms with Crippen molar-refractivity contribution in [2.75, 3.05) is 14.2 Å². The molecule has 196 valence electrons. The van der Waals surface area contributed by atoms with Crippen molar-refractivity contribution < 1.29 is 33.7 Å². The molecule has 2 aromatic carbocycles. The van der Waals surface area contributed by atoms with Gasteiger partial charge in [-0.25, -0.2) is 4.79 Å². The Labute approximate surface area is 220 Å². The number of carbonyl (C=O) groups excluding carboxylic acids is 3. The number of esters is 1. The highest BCUT2D eigenvalue weighted by molar-refractivity contribution is 6.46. The maximum Gasteiger partial charge on any atom is 0.338 e. The van der Waals surface area contributed by atoms with Crippen LogP contribution in [0.5, 0.6) is 11.5 Å². The predicted molar refractivity (Wildman–Crippen MR) is 139 cm³/mol. The third kappa shape index (κ3) is 5.22. The number of methoxy groups -OCH3 is 2. The lowest BCUT2D eigenvalue weighted by atomic mass is 9.95. The number of pyridine rings is 1. The van der Waals surface area contributed by atoms with Crippen LogP contribution in [0.25, 0.3) is 5.76 Å². The number of amides is 1. The summed E-state index contributed by atoms with van der Waals surface area (Å²) in [6, 6.07) is 13.9. The van der Waals surface area contributed by atoms with Gasteiger partial charge in [-0.15, -0.1) is 0 Å². The molecule has 1 aliphatic heterocycles. The number of aliphatic hydroxyl groups excluding tert-OH is 1. The molecule has 1 aliphatic rings. The highest BCUT2D eigenvalue weighted by Crippen LogP contribution is 2.42. The first-order valence-corrected chi connectivity index (χ1v) is 12.0. The van der Waals surface area contributed by atoms with Crippen LogP contribution in [0.2, 0.25) is 0 Å². The van der Waals surface area contributed by atoms with Crippen molar-refractivity contribution in [3.8, 4) is 11.5 Å². The number of ether oxygens (including phenoxy) is 3. The quantitative estimate of drug-likeness (QED) is 0.204. The zero-order valence-electron chi connectivity index (χ0n) is 21.5. The maximum absolute atomic E-state index is 13.3. The highest BCUT2D eigenvalue weighted by Gasteiger charge is 2.46. The molecule has 1 saturated heterocycles. The first-order chi connectivity index (χ1) is 18.2. The number of aliphatic hydroxyl groups is 1. The largest absolute Gasteiger partial charge is 0.507 e. The van der Waals surface area contributed by atoms with Crippen LogP contribution in [-0.4, -0.2) is 53.0 Å². The second-order valence-electron chi connectivity index (χ2n) is 8.93. The molecule has 0 spiro atoms. The van der Waals surface area contributed by atoms with Crippen LogP contribution in [0.1, 0.15) is 46.9 Å². The monoisotopic (exact) mass is 516 g/mol. The summed E-state index contributed by atoms with van der Waals surface area (Å²) < 4.78 is 15.9. The smallest absolute Gasteiger partial charge is 0.338 e. The molecule has 9 heteroatoms. The molecule has 2 heterocycles. The summed E-state index contributed by atoms with van der Waals surface area (Å²) in [5, 5.41) is 11.4. The number of hydrogen-bond acceptors (Lipinski definition) is 8. The molecule has 1 amide bonds. The second-order valence-corrected chi connectivity index (χ2v) is 8.93. The van der Waals surface area contributed by atoms with E-state index < -0.39 is 23.7 Å². The van der Waals surface area contributed by atoms with Crippen molar-refractivity contribution in [1.82, 2.24) is 9.88 Å². The minimum atomic E-state index is -0.912. The van der Waals surface area contributed by atoms with Gasteiger partial charge in [-0.1, -0.05) is 18.2 Å². The number of Topliss-reactive ketones (excluding diaryl/α,β-unsaturated/α-hetero) is 1. The summed E-state index contributed by atoms with van der Waals surface area (Å²) in [4.78, 5) is 44.4. The van der Waals surface area contributed by atoms with E-state index in [2.05, 4.69) is 4.98 Å². The number of benzene rings is 2. The van der Waals surface area contributed by atoms with Crippen LogP contribution < -0.4 is 9.47 Å². The summed E-state index contributed by atoms with van der Waals surface area (Å²) in [7, 11) is 2.92. The Balaban J connectivity index is 1.77. The fraction of sp³-hybridized carbons (Fsp3) is 0.241. The molecule has 0 aliphatic carbocycles. The van der Waals surface area contributed by atoms with Gasteiger partial charge >= 0.3 is 5.97 Å². The van der Waals surface area contributed by atoms with E-state index in [-0.39, 0.29) is 29.5 Å². The average Bonchev–Trinajstić information content (AvgIpc) is 3.17. The minimum absolute atomic E-state index is 0.0513. The molecule has 0 saturated carbocycles. The number of nitrogens with zero attached hydrogens (tertiary/aromatic N) is 2. The summed E-state index contributed by atoms with van der Waals surface area (Å²) in [5.74, 6) is -1.69. The van der Waals surface area contributed by atoms with Crippen LogP contribution in [-0.2, 0) is 20.9 Å². The molecule has 9 nitrogen and oxygen atoms in total. The van der Waals surface area contributed by atoms with Crippen LogP contribution >= 0.6 is 0 Å². The Morgan fingerprint density at radius 3 is 2.39 bits per heavy atom. The van der Waals surface area contributed by atoms with Crippen molar-refractivity contribution >= 4 is 23.4 Å². The molecule has 0 bridgehead atoms. The van der Waals surface area contributed by atoms with Gasteiger partial charge in [0.05, 0.1) is 43.1 Å². The summed E-state index contributed by atoms with van der Waals surface area (Å²) in [5.41, 5.74) is 1.73. The Kier molecular flexibility index (Phi) is 7.76. The van der Waals surface area contributed by atoms with E-state index in [1.54, 1.807) is 74.8 Å². The van der Waals surface area contributed by atoms with Gasteiger partial charge in [0.2, 0.25) is 0 Å². The average molecular weight is 517 g/mol. The van der Waals surface area contributed by atoms with Crippen LogP contribution in [0, 0.1) is 0 Å². The first-order valence-electron chi connectivity index (χ1n) is 12.0. The maximum atomic E-state index is 13.3. The Bertz CT molecular complexity index is 1380. The molecule has 1 unspecified atom stereocenters. The zero-order valence-corrected chi connectivity index (χ0v) is 21.5. The van der Waals surface area contributed by atoms with E-state index in [1.165, 1.54) is 25.2 Å². The minimum Gasteiger partial charge on any atom is -0.507 e. The lowest BCUT2D eigenvalue weighted by molar-refractivity contribution is -0.140. The second kappa shape index (κ2) is 11.2. The van der Waals surface area contributed by atoms with Crippen molar-refractivity contribution in [3.05, 3.63) is 94.8 Å². The molecule has 1 atom stereocenters. The Morgan fingerprint density at radius 1 is 1.05 bits per heavy atom. The molecule has 1 aromatic heterocycles. The van der Waals surface area contributed by atoms with Gasteiger partial charge in [0.25, 0.3) is 11.7 Å². The molecule has 38 heavy (non-hydrogen) atoms. The van der Waals surface area contributed by atoms with Gasteiger partial charge in [-0.05, 0) is 61.4 Å². The fourth-order valence-electron chi connectivity index (χ4n) is 4.30. The van der Waals surface area contributed by atoms with Crippen LogP contribution in [0.3, 0.4) is 0 Å². The summed E-state index contributed by atoms with van der Waals surface area (Å²) in [6.07, 6.45) is 2.87. The summed E-state index contributed by atoms with van der Waals surface area (Å²) >= 11 is 0. The predicted octanol–water partition coefficient (Wildman–Crippen LogP) is 4.29. The third-order valence-electron chi connectivity index (χ3n) is 6.09. The van der Waals surface area contributed by atoms with Crippen molar-refractivity contribution in [1.29, 1.82) is 0 Å². The zero-order chi connectivity index (χ0) is 27.4. The first kappa shape index (κ1) is 26.4. The van der Waals surface area contributed by atoms with Crippen LogP contribution in [0.15, 0.2) is 72.6 Å². The Hall–Kier alpha value is -4.66. The standard InChI is InChI=1S/C29H28N2O7/c1-17(2)38-29(35)19-9-7-18(8-10-19)16-31-25(20-6-5-13-30-15-20)24(27(33)28(31)34)26(32)22-14-21(36-3)11-12-23(22)37-4/h5-15,17,25,32H,16H2,1-4H3/b26-24+. The van der Waals surface area contributed by atoms with Crippen LogP contribution in [0.4, 0.5) is 0 Å². The molecule has 3 aromatic rings. The number of carbonyl (C=O) groups is 3. The molecule has 1 N–H and O–H groups in total. The van der Waals surface area contributed by atoms with Crippen molar-refractivity contribution in [2.24, 2.45) is 0 Å². The van der Waals surface area contributed by atoms with E-state index in [1.807, 2.05) is 0 Å². The fourth-order valence-corrected chi connectivity index (χ4v) is 4.30. The number of likely N-dealkylation sites (tertiary alicyclic amines) is 1. The van der Waals surface area contributed by atoms with E-state index in [4.69, 9.17) is 14.2 Å². The topological polar surface area (TPSA) is 115 Å². The van der Waals surface area contributed by atoms with Gasteiger partial charge in [0, 0.05) is 18.9 Å². The van der Waals surface area contributed by atoms with Gasteiger partial charge in [-0.2, -0.15) is 0 Å². The third-order valence-corrected chi connectivity index (χ3v) is 6.09. The number of aromatic nitrogens is 1. The molecule has 1 fully saturated rings. The number of rotatable bonds is 8. The van der Waals surface area contributed by atoms with E-state index in [0.29, 0.717) is 28.2 Å². The SMILES string of the molecule is COc1ccc(OC)c(/C(O)=C2\C(=O)C(=O)N(Cc3ccc(C(=O)OC(C)C)cc3)C2c2cccnc2)c1. The molecule has 4 rings (SSSR count). The normalized spacial score (nSPS) is 16.6. The number of ketones is 1. The van der Waals surface area contributed by atoms with E-state index in [9.17, 15) is 19.5 Å². The summed E-state index contributed by atoms with van der Waals surface area (Å²) in [6.45, 7) is 3.58. The van der Waals surface area contributed by atoms with Crippen molar-refractivity contribution in [3.63, 3.8) is 0 Å². The van der Waals surface area contributed by atoms with E-state index in [0.717, 1.165) is 0 Å². The van der Waals surface area contributed by atoms with Crippen molar-refractivity contribution in [2.45, 2.75) is 32.5 Å². The molecule has 0 radical (unpaired) electrons. The Morgan fingerprint density at radius 2 is 1.79 bits per heavy atom. The molecular weight excluding hydrogens is 488 g/mol. The lowest BCUT2D eigenvalue weighted by Gasteiger charge is -2.25. The van der Waals surface area contributed by atoms with Gasteiger partial charge in [0.15, 0.2) is 0 Å². The van der Waals surface area contributed by atoms with Gasteiger partial charge < -0.3 is 24.2 Å². The molecular formula is C29H28N2O7. The van der Waals surface area contributed by atoms with Gasteiger partial charge in [-0.3, -0.25) is 14.6 Å². The van der Waals surface area contributed by atoms with E-state index >= 15 is 0 Å². The van der Waals surface area contributed by atoms with Gasteiger partial charge in [0.1, 0.15) is 17.3 Å². The lowest BCUT2D eigenvalue weighted by Crippen LogP contribution is -2.29. The number of hydrogen-bond donors (Lipinski definition) is 1.